The second-order valence-corrected chi connectivity index (χ2v) is 7.21. The Hall–Kier alpha value is -0.610. The van der Waals surface area contributed by atoms with Crippen LogP contribution in [0.3, 0.4) is 0 Å². The van der Waals surface area contributed by atoms with Gasteiger partial charge in [-0.1, -0.05) is 18.2 Å². The van der Waals surface area contributed by atoms with E-state index in [4.69, 9.17) is 5.84 Å². The van der Waals surface area contributed by atoms with Gasteiger partial charge in [0.2, 0.25) is 0 Å². The van der Waals surface area contributed by atoms with Crippen LogP contribution in [0.25, 0.3) is 0 Å². The number of ether oxygens (including phenoxy) is 1. The fraction of sp³-hybridized carbons (Fsp3) is 0.167. The molecule has 1 heterocycles. The van der Waals surface area contributed by atoms with Crippen molar-refractivity contribution in [2.45, 2.75) is 12.4 Å². The van der Waals surface area contributed by atoms with Gasteiger partial charge in [0.05, 0.1) is 9.83 Å². The van der Waals surface area contributed by atoms with Gasteiger partial charge in [-0.15, -0.1) is 24.5 Å². The van der Waals surface area contributed by atoms with E-state index in [0.717, 1.165) is 13.1 Å². The van der Waals surface area contributed by atoms with Crippen molar-refractivity contribution in [2.24, 2.45) is 5.84 Å². The van der Waals surface area contributed by atoms with E-state index in [-0.39, 0.29) is 5.75 Å². The highest BCUT2D eigenvalue weighted by Crippen LogP contribution is 2.40. The maximum absolute atomic E-state index is 12.5. The van der Waals surface area contributed by atoms with Crippen molar-refractivity contribution in [3.8, 4) is 5.75 Å². The van der Waals surface area contributed by atoms with E-state index < -0.39 is 12.4 Å². The molecule has 2 aromatic rings. The van der Waals surface area contributed by atoms with E-state index in [0.29, 0.717) is 5.56 Å². The van der Waals surface area contributed by atoms with Crippen molar-refractivity contribution in [3.63, 3.8) is 0 Å². The molecule has 1 unspecified atom stereocenters. The number of alkyl halides is 3. The van der Waals surface area contributed by atoms with Crippen LogP contribution in [-0.2, 0) is 0 Å². The van der Waals surface area contributed by atoms with Crippen molar-refractivity contribution < 1.29 is 17.9 Å². The van der Waals surface area contributed by atoms with Crippen molar-refractivity contribution in [1.29, 1.82) is 0 Å². The highest BCUT2D eigenvalue weighted by atomic mass is 79.9. The summed E-state index contributed by atoms with van der Waals surface area (Å²) in [5.74, 6) is 5.23. The van der Waals surface area contributed by atoms with Gasteiger partial charge in [-0.05, 0) is 44.0 Å². The molecular formula is C12H9Br2F3N2OS. The number of para-hydroxylation sites is 1. The van der Waals surface area contributed by atoms with Crippen molar-refractivity contribution in [1.82, 2.24) is 5.43 Å². The molecule has 0 radical (unpaired) electrons. The highest BCUT2D eigenvalue weighted by molar-refractivity contribution is 9.13. The van der Waals surface area contributed by atoms with Crippen molar-refractivity contribution >= 4 is 43.2 Å². The van der Waals surface area contributed by atoms with Gasteiger partial charge >= 0.3 is 6.36 Å². The molecule has 0 aliphatic rings. The lowest BCUT2D eigenvalue weighted by atomic mass is 10.0. The molecule has 1 aromatic carbocycles. The quantitative estimate of drug-likeness (QED) is 0.528. The Balaban J connectivity index is 2.43. The number of thiophene rings is 1. The molecule has 0 bridgehead atoms. The molecule has 0 saturated heterocycles. The summed E-state index contributed by atoms with van der Waals surface area (Å²) in [6, 6.07) is 7.05. The minimum absolute atomic E-state index is 0.284. The second-order valence-electron chi connectivity index (χ2n) is 3.96. The predicted molar refractivity (Wildman–Crippen MR) is 82.0 cm³/mol. The Morgan fingerprint density at radius 2 is 1.90 bits per heavy atom. The minimum Gasteiger partial charge on any atom is -0.405 e. The number of benzene rings is 1. The van der Waals surface area contributed by atoms with Gasteiger partial charge in [-0.25, -0.2) is 5.43 Å². The molecule has 2 rings (SSSR count). The van der Waals surface area contributed by atoms with E-state index >= 15 is 0 Å². The summed E-state index contributed by atoms with van der Waals surface area (Å²) in [6.07, 6.45) is -4.76. The van der Waals surface area contributed by atoms with Gasteiger partial charge in [0.1, 0.15) is 5.75 Å². The fourth-order valence-corrected chi connectivity index (χ4v) is 3.94. The molecule has 21 heavy (non-hydrogen) atoms. The fourth-order valence-electron chi connectivity index (χ4n) is 1.77. The first kappa shape index (κ1) is 16.8. The summed E-state index contributed by atoms with van der Waals surface area (Å²) in [6.45, 7) is 0. The lowest BCUT2D eigenvalue weighted by Gasteiger charge is -2.19. The van der Waals surface area contributed by atoms with Crippen LogP contribution >= 0.6 is 43.2 Å². The Bertz CT molecular complexity index is 614. The Morgan fingerprint density at radius 1 is 1.24 bits per heavy atom. The average Bonchev–Trinajstić information content (AvgIpc) is 2.70. The first-order valence-corrected chi connectivity index (χ1v) is 7.97. The maximum Gasteiger partial charge on any atom is 0.573 e. The molecule has 9 heteroatoms. The summed E-state index contributed by atoms with van der Waals surface area (Å²) in [5, 5.41) is 0. The number of hydrazine groups is 1. The van der Waals surface area contributed by atoms with Crippen LogP contribution in [0.2, 0.25) is 0 Å². The topological polar surface area (TPSA) is 47.3 Å². The average molecular weight is 446 g/mol. The van der Waals surface area contributed by atoms with Gasteiger partial charge in [0, 0.05) is 14.9 Å². The largest absolute Gasteiger partial charge is 0.573 e. The highest BCUT2D eigenvalue weighted by Gasteiger charge is 2.33. The molecule has 0 fully saturated rings. The van der Waals surface area contributed by atoms with Gasteiger partial charge < -0.3 is 4.74 Å². The van der Waals surface area contributed by atoms with Crippen LogP contribution in [0.15, 0.2) is 38.6 Å². The number of hydrogen-bond donors (Lipinski definition) is 2. The van der Waals surface area contributed by atoms with Crippen LogP contribution in [0.5, 0.6) is 5.75 Å². The molecule has 114 valence electrons. The zero-order chi connectivity index (χ0) is 15.6. The summed E-state index contributed by atoms with van der Waals surface area (Å²) >= 11 is 8.04. The van der Waals surface area contributed by atoms with Gasteiger partial charge in [-0.2, -0.15) is 0 Å². The summed E-state index contributed by atoms with van der Waals surface area (Å²) < 4.78 is 43.1. The molecular weight excluding hydrogens is 437 g/mol. The molecule has 3 nitrogen and oxygen atoms in total. The molecule has 1 atom stereocenters. The number of halogens is 5. The summed E-state index contributed by atoms with van der Waals surface area (Å²) in [5.41, 5.74) is 2.83. The third kappa shape index (κ3) is 4.19. The lowest BCUT2D eigenvalue weighted by Crippen LogP contribution is -2.29. The van der Waals surface area contributed by atoms with Gasteiger partial charge in [0.25, 0.3) is 0 Å². The third-order valence-electron chi connectivity index (χ3n) is 2.57. The normalized spacial score (nSPS) is 13.2. The first-order chi connectivity index (χ1) is 9.81. The maximum atomic E-state index is 12.5. The van der Waals surface area contributed by atoms with E-state index in [2.05, 4.69) is 42.0 Å². The van der Waals surface area contributed by atoms with E-state index in [1.807, 2.05) is 0 Å². The molecule has 1 aromatic heterocycles. The molecule has 0 aliphatic carbocycles. The molecule has 3 N–H and O–H groups in total. The van der Waals surface area contributed by atoms with E-state index in [1.165, 1.54) is 29.5 Å². The number of rotatable bonds is 4. The predicted octanol–water partition coefficient (Wildman–Crippen LogP) is 4.72. The summed E-state index contributed by atoms with van der Waals surface area (Å²) in [4.78, 5) is 0.745. The first-order valence-electron chi connectivity index (χ1n) is 5.57. The Labute approximate surface area is 139 Å². The van der Waals surface area contributed by atoms with Gasteiger partial charge in [0.15, 0.2) is 0 Å². The second kappa shape index (κ2) is 6.66. The van der Waals surface area contributed by atoms with Crippen LogP contribution in [0, 0.1) is 0 Å². The zero-order valence-corrected chi connectivity index (χ0v) is 14.2. The molecule has 0 amide bonds. The van der Waals surface area contributed by atoms with Crippen molar-refractivity contribution in [3.05, 3.63) is 49.0 Å². The molecule has 0 saturated carbocycles. The smallest absolute Gasteiger partial charge is 0.405 e. The van der Waals surface area contributed by atoms with E-state index in [1.54, 1.807) is 12.1 Å². The number of hydrogen-bond acceptors (Lipinski definition) is 4. The number of nitrogens with two attached hydrogens (primary N) is 1. The van der Waals surface area contributed by atoms with Gasteiger partial charge in [-0.3, -0.25) is 5.84 Å². The van der Waals surface area contributed by atoms with Crippen LogP contribution in [0.1, 0.15) is 16.5 Å². The van der Waals surface area contributed by atoms with Crippen molar-refractivity contribution in [2.75, 3.05) is 0 Å². The summed E-state index contributed by atoms with van der Waals surface area (Å²) in [7, 11) is 0. The standard InChI is InChI=1S/C12H9Br2F3N2OS/c13-7-5-9(21-11(7)14)10(19-18)6-3-1-2-4-8(6)20-12(15,16)17/h1-5,10,19H,18H2. The molecule has 0 aliphatic heterocycles. The molecule has 0 spiro atoms. The zero-order valence-electron chi connectivity index (χ0n) is 10.2. The Kier molecular flexibility index (Phi) is 5.31. The van der Waals surface area contributed by atoms with E-state index in [9.17, 15) is 13.2 Å². The number of nitrogens with one attached hydrogen (secondary N) is 1. The Morgan fingerprint density at radius 3 is 2.43 bits per heavy atom. The monoisotopic (exact) mass is 444 g/mol. The van der Waals surface area contributed by atoms with Crippen LogP contribution in [-0.4, -0.2) is 6.36 Å². The van der Waals surface area contributed by atoms with Crippen LogP contribution < -0.4 is 16.0 Å². The van der Waals surface area contributed by atoms with Crippen LogP contribution in [0.4, 0.5) is 13.2 Å². The lowest BCUT2D eigenvalue weighted by molar-refractivity contribution is -0.275. The SMILES string of the molecule is NNC(c1cc(Br)c(Br)s1)c1ccccc1OC(F)(F)F. The minimum atomic E-state index is -4.76. The third-order valence-corrected chi connectivity index (χ3v) is 5.89.